The van der Waals surface area contributed by atoms with Crippen molar-refractivity contribution in [1.82, 2.24) is 14.7 Å². The molecule has 5 heteroatoms. The van der Waals surface area contributed by atoms with Gasteiger partial charge in [0.15, 0.2) is 0 Å². The quantitative estimate of drug-likeness (QED) is 0.877. The van der Waals surface area contributed by atoms with Crippen LogP contribution in [0.2, 0.25) is 0 Å². The van der Waals surface area contributed by atoms with E-state index >= 15 is 0 Å². The van der Waals surface area contributed by atoms with Gasteiger partial charge in [-0.15, -0.1) is 0 Å². The Morgan fingerprint density at radius 1 is 1.29 bits per heavy atom. The van der Waals surface area contributed by atoms with Crippen molar-refractivity contribution in [3.8, 4) is 5.69 Å². The number of halogens is 1. The molecule has 1 fully saturated rings. The van der Waals surface area contributed by atoms with Gasteiger partial charge in [-0.2, -0.15) is 5.10 Å². The molecule has 1 aromatic carbocycles. The normalized spacial score (nSPS) is 20.8. The summed E-state index contributed by atoms with van der Waals surface area (Å²) in [6.07, 6.45) is 2.38. The van der Waals surface area contributed by atoms with Gasteiger partial charge >= 0.3 is 0 Å². The van der Waals surface area contributed by atoms with Crippen LogP contribution < -0.4 is 5.73 Å². The molecule has 4 rings (SSSR count). The molecule has 1 atom stereocenters. The third kappa shape index (κ3) is 1.73. The fraction of sp³-hybridized carbons (Fsp3) is 0.438. The van der Waals surface area contributed by atoms with Crippen molar-refractivity contribution in [2.45, 2.75) is 39.3 Å². The molecule has 1 aromatic heterocycles. The molecule has 0 amide bonds. The van der Waals surface area contributed by atoms with E-state index in [9.17, 15) is 4.39 Å². The van der Waals surface area contributed by atoms with Crippen molar-refractivity contribution in [2.75, 3.05) is 12.3 Å². The molecule has 110 valence electrons. The van der Waals surface area contributed by atoms with Gasteiger partial charge in [-0.05, 0) is 56.5 Å². The maximum absolute atomic E-state index is 13.8. The van der Waals surface area contributed by atoms with Gasteiger partial charge < -0.3 is 5.73 Å². The Labute approximate surface area is 123 Å². The van der Waals surface area contributed by atoms with E-state index in [1.54, 1.807) is 18.5 Å². The van der Waals surface area contributed by atoms with E-state index in [4.69, 9.17) is 5.73 Å². The van der Waals surface area contributed by atoms with Crippen LogP contribution in [0.5, 0.6) is 0 Å². The second-order valence-electron chi connectivity index (χ2n) is 6.18. The number of hydrogen-bond acceptors (Lipinski definition) is 3. The van der Waals surface area contributed by atoms with E-state index in [0.717, 1.165) is 30.9 Å². The summed E-state index contributed by atoms with van der Waals surface area (Å²) in [7, 11) is 0. The smallest absolute Gasteiger partial charge is 0.132 e. The molecule has 2 aromatic rings. The van der Waals surface area contributed by atoms with Crippen LogP contribution in [0.1, 0.15) is 41.3 Å². The van der Waals surface area contributed by atoms with Gasteiger partial charge in [0.05, 0.1) is 11.4 Å². The molecule has 0 spiro atoms. The fourth-order valence-corrected chi connectivity index (χ4v) is 3.75. The Hall–Kier alpha value is -1.88. The van der Waals surface area contributed by atoms with E-state index in [2.05, 4.69) is 10.00 Å². The van der Waals surface area contributed by atoms with Gasteiger partial charge in [-0.3, -0.25) is 4.90 Å². The number of nitrogen functional groups attached to an aromatic ring is 1. The molecule has 0 aliphatic carbocycles. The summed E-state index contributed by atoms with van der Waals surface area (Å²) in [4.78, 5) is 2.44. The van der Waals surface area contributed by atoms with Crippen molar-refractivity contribution in [1.29, 1.82) is 0 Å². The number of fused-ring (bicyclic) bond motifs is 3. The highest BCUT2D eigenvalue weighted by atomic mass is 19.1. The molecule has 0 saturated carbocycles. The molecule has 2 aliphatic heterocycles. The molecule has 0 radical (unpaired) electrons. The Bertz CT molecular complexity index is 711. The third-order valence-corrected chi connectivity index (χ3v) is 4.75. The maximum atomic E-state index is 13.8. The Morgan fingerprint density at radius 2 is 2.00 bits per heavy atom. The van der Waals surface area contributed by atoms with Gasteiger partial charge in [-0.1, -0.05) is 0 Å². The molecule has 21 heavy (non-hydrogen) atoms. The van der Waals surface area contributed by atoms with Crippen LogP contribution in [-0.2, 0) is 6.54 Å². The number of hydrogen-bond donors (Lipinski definition) is 1. The molecule has 2 N–H and O–H groups in total. The average molecular weight is 286 g/mol. The highest BCUT2D eigenvalue weighted by molar-refractivity contribution is 5.54. The topological polar surface area (TPSA) is 47.1 Å². The molecule has 1 unspecified atom stereocenters. The number of aromatic nitrogens is 2. The zero-order valence-corrected chi connectivity index (χ0v) is 12.4. The van der Waals surface area contributed by atoms with Crippen molar-refractivity contribution < 1.29 is 4.39 Å². The Kier molecular flexibility index (Phi) is 2.63. The average Bonchev–Trinajstić information content (AvgIpc) is 3.07. The number of nitrogens with two attached hydrogens (primary N) is 1. The highest BCUT2D eigenvalue weighted by Gasteiger charge is 2.38. The van der Waals surface area contributed by atoms with Crippen molar-refractivity contribution in [3.05, 3.63) is 40.3 Å². The molecule has 1 saturated heterocycles. The first-order chi connectivity index (χ1) is 10.1. The van der Waals surface area contributed by atoms with Crippen molar-refractivity contribution >= 4 is 5.82 Å². The monoisotopic (exact) mass is 286 g/mol. The Morgan fingerprint density at radius 3 is 2.71 bits per heavy atom. The second-order valence-corrected chi connectivity index (χ2v) is 6.18. The third-order valence-electron chi connectivity index (χ3n) is 4.75. The van der Waals surface area contributed by atoms with E-state index in [0.29, 0.717) is 23.0 Å². The van der Waals surface area contributed by atoms with E-state index < -0.39 is 0 Å². The molecule has 3 heterocycles. The summed E-state index contributed by atoms with van der Waals surface area (Å²) in [5, 5.41) is 4.68. The SMILES string of the molecule is Cc1cc(-n2nc3c(c2N)C2CCCN2C3)cc(C)c1F. The molecule has 4 nitrogen and oxygen atoms in total. The number of aryl methyl sites for hydroxylation is 2. The molecule has 0 bridgehead atoms. The van der Waals surface area contributed by atoms with Crippen LogP contribution in [0.25, 0.3) is 5.69 Å². The lowest BCUT2D eigenvalue weighted by Crippen LogP contribution is -2.17. The van der Waals surface area contributed by atoms with E-state index in [-0.39, 0.29) is 5.82 Å². The van der Waals surface area contributed by atoms with Gasteiger partial charge in [-0.25, -0.2) is 9.07 Å². The molecular formula is C16H19FN4. The van der Waals surface area contributed by atoms with Gasteiger partial charge in [0.2, 0.25) is 0 Å². The predicted molar refractivity (Wildman–Crippen MR) is 79.8 cm³/mol. The van der Waals surface area contributed by atoms with Crippen molar-refractivity contribution in [2.24, 2.45) is 0 Å². The predicted octanol–water partition coefficient (Wildman–Crippen LogP) is 2.86. The second kappa shape index (κ2) is 4.31. The minimum absolute atomic E-state index is 0.154. The Balaban J connectivity index is 1.83. The van der Waals surface area contributed by atoms with Crippen LogP contribution >= 0.6 is 0 Å². The van der Waals surface area contributed by atoms with Gasteiger partial charge in [0.25, 0.3) is 0 Å². The van der Waals surface area contributed by atoms with Gasteiger partial charge in [0.1, 0.15) is 11.6 Å². The minimum atomic E-state index is -0.154. The summed E-state index contributed by atoms with van der Waals surface area (Å²) >= 11 is 0. The summed E-state index contributed by atoms with van der Waals surface area (Å²) in [6, 6.07) is 4.05. The minimum Gasteiger partial charge on any atom is -0.383 e. The lowest BCUT2D eigenvalue weighted by molar-refractivity contribution is 0.277. The van der Waals surface area contributed by atoms with Crippen LogP contribution in [0, 0.1) is 19.7 Å². The largest absolute Gasteiger partial charge is 0.383 e. The number of benzene rings is 1. The first-order valence-electron chi connectivity index (χ1n) is 7.44. The zero-order valence-electron chi connectivity index (χ0n) is 12.4. The number of nitrogens with zero attached hydrogens (tertiary/aromatic N) is 3. The number of anilines is 1. The lowest BCUT2D eigenvalue weighted by Gasteiger charge is -2.16. The first kappa shape index (κ1) is 12.8. The standard InChI is InChI=1S/C16H19FN4/c1-9-6-11(7-10(2)15(9)17)21-16(18)14-12(19-21)8-20-5-3-4-13(14)20/h6-7,13H,3-5,8,18H2,1-2H3. The molecule has 2 aliphatic rings. The lowest BCUT2D eigenvalue weighted by atomic mass is 10.1. The zero-order chi connectivity index (χ0) is 14.7. The summed E-state index contributed by atoms with van der Waals surface area (Å²) in [5.74, 6) is 0.559. The van der Waals surface area contributed by atoms with Crippen LogP contribution in [-0.4, -0.2) is 21.2 Å². The van der Waals surface area contributed by atoms with Crippen LogP contribution in [0.15, 0.2) is 12.1 Å². The first-order valence-corrected chi connectivity index (χ1v) is 7.44. The van der Waals surface area contributed by atoms with Crippen molar-refractivity contribution in [3.63, 3.8) is 0 Å². The summed E-state index contributed by atoms with van der Waals surface area (Å²) < 4.78 is 15.6. The fourth-order valence-electron chi connectivity index (χ4n) is 3.75. The summed E-state index contributed by atoms with van der Waals surface area (Å²) in [5.41, 5.74) is 10.7. The number of rotatable bonds is 1. The highest BCUT2D eigenvalue weighted by Crippen LogP contribution is 2.44. The van der Waals surface area contributed by atoms with E-state index in [1.807, 2.05) is 12.1 Å². The summed E-state index contributed by atoms with van der Waals surface area (Å²) in [6.45, 7) is 5.57. The van der Waals surface area contributed by atoms with Gasteiger partial charge in [0, 0.05) is 18.2 Å². The molecular weight excluding hydrogens is 267 g/mol. The van der Waals surface area contributed by atoms with Crippen LogP contribution in [0.3, 0.4) is 0 Å². The van der Waals surface area contributed by atoms with E-state index in [1.165, 1.54) is 12.0 Å². The maximum Gasteiger partial charge on any atom is 0.132 e. The van der Waals surface area contributed by atoms with Crippen LogP contribution in [0.4, 0.5) is 10.2 Å².